The minimum atomic E-state index is -0.995. The van der Waals surface area contributed by atoms with Crippen molar-refractivity contribution in [2.75, 3.05) is 37.3 Å². The molecule has 0 radical (unpaired) electrons. The second-order valence-electron chi connectivity index (χ2n) is 32.5. The summed E-state index contributed by atoms with van der Waals surface area (Å²) in [5, 5.41) is 19.4. The van der Waals surface area contributed by atoms with E-state index in [1.807, 2.05) is 127 Å². The van der Waals surface area contributed by atoms with Crippen molar-refractivity contribution in [3.05, 3.63) is 270 Å². The number of carboxylic acids is 1. The molecule has 10 aromatic carbocycles. The van der Waals surface area contributed by atoms with E-state index in [1.54, 1.807) is 105 Å². The summed E-state index contributed by atoms with van der Waals surface area (Å²) in [5.41, 5.74) is 9.38. The predicted octanol–water partition coefficient (Wildman–Crippen LogP) is 24.0. The van der Waals surface area contributed by atoms with Crippen LogP contribution in [0.5, 0.6) is 0 Å². The first-order valence-electron chi connectivity index (χ1n) is 39.3. The molecule has 13 aromatic rings. The van der Waals surface area contributed by atoms with Gasteiger partial charge in [-0.1, -0.05) is 114 Å². The molecule has 0 amide bonds. The molecule has 3 fully saturated rings. The van der Waals surface area contributed by atoms with Gasteiger partial charge in [-0.05, 0) is 294 Å². The molecule has 0 bridgehead atoms. The highest BCUT2D eigenvalue weighted by Crippen LogP contribution is 2.44. The molecule has 16 rings (SSSR count). The molecule has 0 unspecified atom stereocenters. The number of carboxylic acid groups (broad SMARTS) is 1. The maximum absolute atomic E-state index is 14.7. The molecule has 34 heteroatoms. The number of nitrogens with one attached hydrogen (secondary N) is 3. The molecule has 3 aromatic heterocycles. The van der Waals surface area contributed by atoms with Crippen LogP contribution in [-0.4, -0.2) is 120 Å². The molecule has 126 heavy (non-hydrogen) atoms. The van der Waals surface area contributed by atoms with Crippen molar-refractivity contribution in [1.29, 1.82) is 0 Å². The van der Waals surface area contributed by atoms with Crippen molar-refractivity contribution in [2.45, 2.75) is 144 Å². The molecule has 0 saturated carbocycles. The Labute approximate surface area is 756 Å². The number of halogens is 8. The van der Waals surface area contributed by atoms with Gasteiger partial charge in [-0.25, -0.2) is 60.5 Å². The fourth-order valence-electron chi connectivity index (χ4n) is 12.8. The molecule has 4 N–H and O–H groups in total. The number of hydrogen-bond acceptors (Lipinski definition) is 22. The van der Waals surface area contributed by atoms with Crippen LogP contribution < -0.4 is 21.4 Å². The fraction of sp³-hybridized carbons (Fsp3) is 0.272. The monoisotopic (exact) mass is 1900 g/mol. The second kappa shape index (κ2) is 39.5. The first kappa shape index (κ1) is 96.3. The van der Waals surface area contributed by atoms with Crippen LogP contribution in [0.3, 0.4) is 0 Å². The molecule has 6 heterocycles. The van der Waals surface area contributed by atoms with E-state index in [4.69, 9.17) is 42.5 Å². The van der Waals surface area contributed by atoms with Crippen LogP contribution in [0.15, 0.2) is 191 Å². The van der Waals surface area contributed by atoms with Crippen LogP contribution in [0.4, 0.5) is 58.8 Å². The fourth-order valence-corrected chi connectivity index (χ4v) is 16.3. The molecular weight excluding hydrogens is 1820 g/mol. The minimum Gasteiger partial charge on any atom is -0.478 e. The summed E-state index contributed by atoms with van der Waals surface area (Å²) in [7, 11) is 2.73. The SMILES string of the molecule is CC1(C)OB(B2OC(C)(C)C(C)(C)O2)OC1(C)C.COC(=O)c1ccc(-c2ccc(Nc3nc4ccc(F)cc4s3)c(F)c2)cc1C.COC(=O)c1ccc(B2OC(C)(C)C(C)(C)O2)cc1C.COC(=O)c1ccc(Br)cc1C.Cc1cc(-c2ccc(Nc3nc4ccc(F)cc4s3)c(F)c2)ccc1C(=O)O.Fc1ccc2nc(Nc3ccc(Br)cc3F)sc2c1. The molecule has 3 aliphatic rings. The van der Waals surface area contributed by atoms with E-state index in [-0.39, 0.29) is 85.8 Å². The zero-order valence-corrected chi connectivity index (χ0v) is 78.0. The smallest absolute Gasteiger partial charge is 0.478 e. The number of fused-ring (bicyclic) bond motifs is 3. The van der Waals surface area contributed by atoms with Crippen LogP contribution in [-0.2, 0) is 42.1 Å². The molecule has 0 spiro atoms. The maximum atomic E-state index is 14.7. The number of aryl methyl sites for hydroxylation is 4. The number of aromatic nitrogens is 3. The summed E-state index contributed by atoms with van der Waals surface area (Å²) in [6, 6.07) is 48.3. The van der Waals surface area contributed by atoms with Crippen LogP contribution in [0.25, 0.3) is 52.9 Å². The Balaban J connectivity index is 0.000000150. The average molecular weight is 1910 g/mol. The zero-order chi connectivity index (χ0) is 92.0. The van der Waals surface area contributed by atoms with Gasteiger partial charge in [0.15, 0.2) is 15.4 Å². The second-order valence-corrected chi connectivity index (χ2v) is 37.4. The lowest BCUT2D eigenvalue weighted by atomic mass is 9.49. The predicted molar refractivity (Wildman–Crippen MR) is 495 cm³/mol. The third-order valence-corrected chi connectivity index (χ3v) is 25.7. The van der Waals surface area contributed by atoms with Gasteiger partial charge in [-0.2, -0.15) is 0 Å². The topological polar surface area (TPSA) is 246 Å². The number of thiazole rings is 3. The Morgan fingerprint density at radius 2 is 0.643 bits per heavy atom. The number of nitrogens with zero attached hydrogens (tertiary/aromatic N) is 3. The maximum Gasteiger partial charge on any atom is 0.494 e. The molecule has 3 aliphatic heterocycles. The minimum absolute atomic E-state index is 0.217. The number of benzene rings is 10. The van der Waals surface area contributed by atoms with Gasteiger partial charge >= 0.3 is 45.0 Å². The summed E-state index contributed by atoms with van der Waals surface area (Å²) in [5.74, 6) is -4.30. The van der Waals surface area contributed by atoms with Gasteiger partial charge in [0.1, 0.15) is 34.9 Å². The van der Waals surface area contributed by atoms with E-state index in [1.165, 1.54) is 116 Å². The highest BCUT2D eigenvalue weighted by molar-refractivity contribution is 9.10. The van der Waals surface area contributed by atoms with E-state index in [2.05, 4.69) is 67.5 Å². The van der Waals surface area contributed by atoms with Crippen LogP contribution in [0.2, 0.25) is 0 Å². The summed E-state index contributed by atoms with van der Waals surface area (Å²) in [6.45, 7) is 31.5. The zero-order valence-electron chi connectivity index (χ0n) is 72.4. The van der Waals surface area contributed by atoms with Crippen LogP contribution in [0.1, 0.15) is 147 Å². The number of aromatic carboxylic acids is 1. The number of hydrogen-bond donors (Lipinski definition) is 4. The largest absolute Gasteiger partial charge is 0.494 e. The van der Waals surface area contributed by atoms with Crippen molar-refractivity contribution in [3.8, 4) is 22.3 Å². The Morgan fingerprint density at radius 3 is 0.968 bits per heavy atom. The van der Waals surface area contributed by atoms with Gasteiger partial charge in [-0.3, -0.25) is 0 Å². The number of rotatable bonds is 14. The molecule has 0 atom stereocenters. The lowest BCUT2D eigenvalue weighted by Gasteiger charge is -2.32. The van der Waals surface area contributed by atoms with Gasteiger partial charge in [0.05, 0.1) is 125 Å². The summed E-state index contributed by atoms with van der Waals surface area (Å²) in [4.78, 5) is 58.5. The Bertz CT molecular complexity index is 6180. The Kier molecular flexibility index (Phi) is 30.2. The van der Waals surface area contributed by atoms with Crippen molar-refractivity contribution >= 4 is 179 Å². The number of carbonyl (C=O) groups is 4. The summed E-state index contributed by atoms with van der Waals surface area (Å²) < 4.78 is 136. The molecule has 3 saturated heterocycles. The van der Waals surface area contributed by atoms with E-state index in [0.717, 1.165) is 42.5 Å². The standard InChI is InChI=1S/C22H16F2N2O2S.C21H14F2N2O2S.C15H21BO4.C13H7BrF2N2S.C12H24B2O4.C9H9BrO2/c1-12-9-13(3-6-16(12)21(27)28-2)14-4-7-18(17(24)10-14)25-22-26-19-8-5-15(23)11-20(19)29-22;1-11-8-12(2-5-15(11)20(26)27)13-3-6-17(16(23)9-13)24-21-25-18-7-4-14(22)10-19(18)28-21;1-10-9-11(7-8-12(10)13(17)18-6)16-19-14(2,3)15(4,5)20-16;14-7-1-3-10(9(16)5-7)17-13-18-11-4-2-8(15)6-12(11)19-13;1-9(2)10(3,4)16-13(15-9)14-17-11(5,6)12(7,8)18-14;1-6-5-7(10)3-4-8(6)9(11)12-2/h3-11H,1-2H3,(H,25,26);2-10H,1H3,(H,24,25)(H,26,27);7-9H,1-6H3;1-6H,(H,17,18);1-8H3;3-5H,1-2H3. The first-order chi connectivity index (χ1) is 59.2. The Hall–Kier alpha value is -10.4. The summed E-state index contributed by atoms with van der Waals surface area (Å²) >= 11 is 10.3. The van der Waals surface area contributed by atoms with E-state index >= 15 is 0 Å². The normalized spacial score (nSPS) is 15.2. The molecule has 0 aliphatic carbocycles. The van der Waals surface area contributed by atoms with Gasteiger partial charge in [0, 0.05) is 8.95 Å². The quantitative estimate of drug-likeness (QED) is 0.0342. The Morgan fingerprint density at radius 1 is 0.357 bits per heavy atom. The van der Waals surface area contributed by atoms with Gasteiger partial charge < -0.3 is 63.2 Å². The van der Waals surface area contributed by atoms with Gasteiger partial charge in [0.25, 0.3) is 0 Å². The lowest BCUT2D eigenvalue weighted by molar-refractivity contribution is 0.00578. The van der Waals surface area contributed by atoms with Crippen molar-refractivity contribution in [3.63, 3.8) is 0 Å². The first-order valence-corrected chi connectivity index (χ1v) is 43.4. The van der Waals surface area contributed by atoms with Crippen molar-refractivity contribution < 1.29 is 92.8 Å². The van der Waals surface area contributed by atoms with Crippen molar-refractivity contribution in [2.24, 2.45) is 0 Å². The molecule has 20 nitrogen and oxygen atoms in total. The molecular formula is C92H91B3Br2F6N6O14S3. The van der Waals surface area contributed by atoms with E-state index in [9.17, 15) is 45.5 Å². The molecule has 656 valence electrons. The van der Waals surface area contributed by atoms with Gasteiger partial charge in [0.2, 0.25) is 0 Å². The number of methoxy groups -OCH3 is 3. The van der Waals surface area contributed by atoms with E-state index in [0.29, 0.717) is 84.9 Å². The third kappa shape index (κ3) is 23.0. The van der Waals surface area contributed by atoms with Crippen LogP contribution in [0, 0.1) is 62.6 Å². The highest BCUT2D eigenvalue weighted by Gasteiger charge is 2.64. The third-order valence-electron chi connectivity index (χ3n) is 21.9. The number of anilines is 6. The average Bonchev–Trinajstić information content (AvgIpc) is 1.60. The lowest BCUT2D eigenvalue weighted by Crippen LogP contribution is -2.41. The number of carbonyl (C=O) groups excluding carboxylic acids is 3. The van der Waals surface area contributed by atoms with Crippen molar-refractivity contribution in [1.82, 2.24) is 15.0 Å². The number of ether oxygens (including phenoxy) is 3. The van der Waals surface area contributed by atoms with E-state index < -0.39 is 44.7 Å². The summed E-state index contributed by atoms with van der Waals surface area (Å²) in [6.07, 6.45) is 0. The highest BCUT2D eigenvalue weighted by atomic mass is 79.9. The van der Waals surface area contributed by atoms with Gasteiger partial charge in [-0.15, -0.1) is 0 Å². The number of esters is 3. The van der Waals surface area contributed by atoms with Crippen LogP contribution >= 0.6 is 65.9 Å².